The highest BCUT2D eigenvalue weighted by Crippen LogP contribution is 2.21. The second-order valence-corrected chi connectivity index (χ2v) is 5.78. The first-order valence-electron chi connectivity index (χ1n) is 6.33. The summed E-state index contributed by atoms with van der Waals surface area (Å²) in [7, 11) is 0. The van der Waals surface area contributed by atoms with Gasteiger partial charge >= 0.3 is 0 Å². The molecule has 1 saturated heterocycles. The first-order chi connectivity index (χ1) is 10.1. The van der Waals surface area contributed by atoms with Crippen molar-refractivity contribution in [1.29, 1.82) is 0 Å². The Kier molecular flexibility index (Phi) is 3.74. The Morgan fingerprint density at radius 2 is 1.76 bits per heavy atom. The number of hydrogen-bond acceptors (Lipinski definition) is 2. The molecule has 4 nitrogen and oxygen atoms in total. The summed E-state index contributed by atoms with van der Waals surface area (Å²) in [4.78, 5) is 24.4. The number of hydrogen-bond donors (Lipinski definition) is 1. The van der Waals surface area contributed by atoms with Crippen molar-refractivity contribution in [2.24, 2.45) is 0 Å². The molecule has 0 spiro atoms. The molecule has 1 heterocycles. The molecular formula is C16H11IN2O2. The first-order valence-corrected chi connectivity index (χ1v) is 7.41. The van der Waals surface area contributed by atoms with Crippen LogP contribution >= 0.6 is 22.6 Å². The number of amides is 2. The fourth-order valence-electron chi connectivity index (χ4n) is 2.08. The van der Waals surface area contributed by atoms with E-state index >= 15 is 0 Å². The quantitative estimate of drug-likeness (QED) is 0.487. The SMILES string of the molecule is O=C1NN(c2ccccc2)C(=O)C1=Cc1cccc(I)c1. The maximum absolute atomic E-state index is 12.4. The smallest absolute Gasteiger partial charge is 0.267 e. The van der Waals surface area contributed by atoms with Gasteiger partial charge in [0.1, 0.15) is 5.57 Å². The van der Waals surface area contributed by atoms with Crippen LogP contribution in [0.4, 0.5) is 5.69 Å². The molecule has 104 valence electrons. The number of carbonyl (C=O) groups is 2. The zero-order valence-electron chi connectivity index (χ0n) is 10.9. The Labute approximate surface area is 135 Å². The van der Waals surface area contributed by atoms with Crippen LogP contribution in [-0.4, -0.2) is 11.8 Å². The minimum absolute atomic E-state index is 0.140. The van der Waals surface area contributed by atoms with Crippen molar-refractivity contribution in [2.75, 3.05) is 5.01 Å². The van der Waals surface area contributed by atoms with Crippen LogP contribution in [-0.2, 0) is 9.59 Å². The summed E-state index contributed by atoms with van der Waals surface area (Å²) in [6.07, 6.45) is 1.61. The van der Waals surface area contributed by atoms with Gasteiger partial charge in [-0.15, -0.1) is 0 Å². The van der Waals surface area contributed by atoms with Gasteiger partial charge in [0.2, 0.25) is 0 Å². The summed E-state index contributed by atoms with van der Waals surface area (Å²) in [6.45, 7) is 0. The Bertz CT molecular complexity index is 741. The van der Waals surface area contributed by atoms with E-state index in [1.807, 2.05) is 42.5 Å². The zero-order chi connectivity index (χ0) is 14.8. The monoisotopic (exact) mass is 390 g/mol. The van der Waals surface area contributed by atoms with E-state index in [0.29, 0.717) is 5.69 Å². The highest BCUT2D eigenvalue weighted by molar-refractivity contribution is 14.1. The predicted octanol–water partition coefficient (Wildman–Crippen LogP) is 2.75. The molecule has 1 aliphatic rings. The molecule has 0 unspecified atom stereocenters. The summed E-state index contributed by atoms with van der Waals surface area (Å²) >= 11 is 2.19. The lowest BCUT2D eigenvalue weighted by Crippen LogP contribution is -2.35. The van der Waals surface area contributed by atoms with Gasteiger partial charge in [0.15, 0.2) is 0 Å². The molecule has 0 aliphatic carbocycles. The van der Waals surface area contributed by atoms with Crippen LogP contribution in [0.1, 0.15) is 5.56 Å². The Morgan fingerprint density at radius 3 is 2.48 bits per heavy atom. The number of para-hydroxylation sites is 1. The van der Waals surface area contributed by atoms with Crippen LogP contribution < -0.4 is 10.4 Å². The molecule has 2 aromatic rings. The number of benzene rings is 2. The fraction of sp³-hybridized carbons (Fsp3) is 0. The molecule has 1 aliphatic heterocycles. The molecule has 3 rings (SSSR count). The van der Waals surface area contributed by atoms with Crippen molar-refractivity contribution in [1.82, 2.24) is 5.43 Å². The van der Waals surface area contributed by atoms with Crippen molar-refractivity contribution in [3.8, 4) is 0 Å². The molecule has 5 heteroatoms. The lowest BCUT2D eigenvalue weighted by atomic mass is 10.1. The Morgan fingerprint density at radius 1 is 1.00 bits per heavy atom. The van der Waals surface area contributed by atoms with Crippen LogP contribution in [0, 0.1) is 3.57 Å². The number of nitrogens with one attached hydrogen (secondary N) is 1. The summed E-state index contributed by atoms with van der Waals surface area (Å²) in [6, 6.07) is 16.6. The molecule has 2 amide bonds. The Hall–Kier alpha value is -2.15. The molecule has 1 N–H and O–H groups in total. The summed E-state index contributed by atoms with van der Waals surface area (Å²) < 4.78 is 1.05. The minimum atomic E-state index is -0.386. The largest absolute Gasteiger partial charge is 0.282 e. The van der Waals surface area contributed by atoms with E-state index in [-0.39, 0.29) is 17.4 Å². The number of hydrazine groups is 1. The number of anilines is 1. The third kappa shape index (κ3) is 2.82. The van der Waals surface area contributed by atoms with Crippen molar-refractivity contribution in [3.05, 3.63) is 69.3 Å². The van der Waals surface area contributed by atoms with Gasteiger partial charge in [0, 0.05) is 3.57 Å². The molecule has 2 aromatic carbocycles. The summed E-state index contributed by atoms with van der Waals surface area (Å²) in [5, 5.41) is 1.27. The van der Waals surface area contributed by atoms with Crippen LogP contribution in [0.15, 0.2) is 60.2 Å². The van der Waals surface area contributed by atoms with E-state index in [4.69, 9.17) is 0 Å². The van der Waals surface area contributed by atoms with E-state index in [1.54, 1.807) is 18.2 Å². The molecule has 0 bridgehead atoms. The van der Waals surface area contributed by atoms with Crippen LogP contribution in [0.5, 0.6) is 0 Å². The second-order valence-electron chi connectivity index (χ2n) is 4.53. The molecular weight excluding hydrogens is 379 g/mol. The normalized spacial score (nSPS) is 16.4. The van der Waals surface area contributed by atoms with Crippen LogP contribution in [0.2, 0.25) is 0 Å². The molecule has 21 heavy (non-hydrogen) atoms. The van der Waals surface area contributed by atoms with Crippen molar-refractivity contribution < 1.29 is 9.59 Å². The van der Waals surface area contributed by atoms with Gasteiger partial charge in [0.05, 0.1) is 5.69 Å². The zero-order valence-corrected chi connectivity index (χ0v) is 13.1. The van der Waals surface area contributed by atoms with Crippen molar-refractivity contribution in [2.45, 2.75) is 0 Å². The molecule has 0 atom stereocenters. The van der Waals surface area contributed by atoms with E-state index in [2.05, 4.69) is 28.0 Å². The number of rotatable bonds is 2. The lowest BCUT2D eigenvalue weighted by Gasteiger charge is -2.13. The third-order valence-electron chi connectivity index (χ3n) is 3.07. The van der Waals surface area contributed by atoms with E-state index < -0.39 is 0 Å². The highest BCUT2D eigenvalue weighted by Gasteiger charge is 2.34. The van der Waals surface area contributed by atoms with Crippen molar-refractivity contribution >= 4 is 46.2 Å². The lowest BCUT2D eigenvalue weighted by molar-refractivity contribution is -0.117. The van der Waals surface area contributed by atoms with Gasteiger partial charge in [-0.2, -0.15) is 0 Å². The van der Waals surface area contributed by atoms with Gasteiger partial charge in [-0.3, -0.25) is 15.0 Å². The highest BCUT2D eigenvalue weighted by atomic mass is 127. The van der Waals surface area contributed by atoms with Crippen molar-refractivity contribution in [3.63, 3.8) is 0 Å². The van der Waals surface area contributed by atoms with Gasteiger partial charge < -0.3 is 0 Å². The third-order valence-corrected chi connectivity index (χ3v) is 3.74. The average molecular weight is 390 g/mol. The first kappa shape index (κ1) is 13.8. The van der Waals surface area contributed by atoms with Gasteiger partial charge in [0.25, 0.3) is 11.8 Å². The maximum atomic E-state index is 12.4. The van der Waals surface area contributed by atoms with Gasteiger partial charge in [-0.1, -0.05) is 30.3 Å². The number of halogens is 1. The standard InChI is InChI=1S/C16H11IN2O2/c17-12-6-4-5-11(9-12)10-14-15(20)18-19(16(14)21)13-7-2-1-3-8-13/h1-10H,(H,18,20). The predicted molar refractivity (Wildman–Crippen MR) is 89.2 cm³/mol. The van der Waals surface area contributed by atoms with E-state index in [0.717, 1.165) is 9.13 Å². The Balaban J connectivity index is 1.94. The van der Waals surface area contributed by atoms with Gasteiger partial charge in [-0.05, 0) is 58.5 Å². The average Bonchev–Trinajstić information content (AvgIpc) is 2.76. The molecule has 0 aromatic heterocycles. The second kappa shape index (κ2) is 5.69. The van der Waals surface area contributed by atoms with E-state index in [9.17, 15) is 9.59 Å². The van der Waals surface area contributed by atoms with E-state index in [1.165, 1.54) is 5.01 Å². The topological polar surface area (TPSA) is 49.4 Å². The summed E-state index contributed by atoms with van der Waals surface area (Å²) in [5.74, 6) is -0.729. The fourth-order valence-corrected chi connectivity index (χ4v) is 2.65. The number of nitrogens with zero attached hydrogens (tertiary/aromatic N) is 1. The minimum Gasteiger partial charge on any atom is -0.267 e. The number of carbonyl (C=O) groups excluding carboxylic acids is 2. The van der Waals surface area contributed by atoms with Gasteiger partial charge in [-0.25, -0.2) is 5.01 Å². The molecule has 0 saturated carbocycles. The summed E-state index contributed by atoms with van der Waals surface area (Å²) in [5.41, 5.74) is 4.19. The van der Waals surface area contributed by atoms with Crippen LogP contribution in [0.25, 0.3) is 6.08 Å². The molecule has 1 fully saturated rings. The maximum Gasteiger partial charge on any atom is 0.282 e. The van der Waals surface area contributed by atoms with Crippen LogP contribution in [0.3, 0.4) is 0 Å². The molecule has 0 radical (unpaired) electrons.